The van der Waals surface area contributed by atoms with Crippen LogP contribution in [0.1, 0.15) is 59.8 Å². The third-order valence-electron chi connectivity index (χ3n) is 4.61. The second kappa shape index (κ2) is 10.2. The minimum atomic E-state index is -1.04. The highest BCUT2D eigenvalue weighted by Gasteiger charge is 2.41. The van der Waals surface area contributed by atoms with Gasteiger partial charge >= 0.3 is 17.9 Å². The topological polar surface area (TPSA) is 112 Å². The fourth-order valence-corrected chi connectivity index (χ4v) is 3.67. The number of aliphatic carboxylic acids is 3. The van der Waals surface area contributed by atoms with Gasteiger partial charge in [-0.3, -0.25) is 14.4 Å². The lowest BCUT2D eigenvalue weighted by atomic mass is 9.66. The van der Waals surface area contributed by atoms with Crippen LogP contribution < -0.4 is 0 Å². The number of carboxylic acids is 3. The molecule has 134 valence electrons. The molecule has 0 fully saturated rings. The molecule has 0 rings (SSSR count). The second-order valence-corrected chi connectivity index (χ2v) is 6.50. The Balaban J connectivity index is 5.66. The number of hydrogen-bond acceptors (Lipinski definition) is 3. The smallest absolute Gasteiger partial charge is 0.306 e. The predicted molar refractivity (Wildman–Crippen MR) is 86.1 cm³/mol. The van der Waals surface area contributed by atoms with Gasteiger partial charge in [-0.1, -0.05) is 34.1 Å². The Hall–Kier alpha value is -1.59. The molecule has 0 aromatic carbocycles. The van der Waals surface area contributed by atoms with Crippen LogP contribution in [0.2, 0.25) is 0 Å². The van der Waals surface area contributed by atoms with E-state index >= 15 is 0 Å². The molecule has 0 aliphatic heterocycles. The Morgan fingerprint density at radius 2 is 1.39 bits per heavy atom. The van der Waals surface area contributed by atoms with Crippen LogP contribution in [-0.4, -0.2) is 33.2 Å². The first kappa shape index (κ1) is 21.4. The number of hydrogen-bond donors (Lipinski definition) is 3. The van der Waals surface area contributed by atoms with Gasteiger partial charge in [0.1, 0.15) is 0 Å². The van der Waals surface area contributed by atoms with Gasteiger partial charge in [-0.15, -0.1) is 0 Å². The third kappa shape index (κ3) is 6.59. The van der Waals surface area contributed by atoms with E-state index in [4.69, 9.17) is 5.11 Å². The standard InChI is InChI=1S/C17H30O6/c1-5-7-12(11(6-2)16(20)21)15(10(3)4)13(17(22)23)8-9-14(18)19/h10-13,15H,5-9H2,1-4H3,(H,18,19)(H,20,21)(H,22,23). The van der Waals surface area contributed by atoms with Crippen molar-refractivity contribution in [3.63, 3.8) is 0 Å². The Morgan fingerprint density at radius 3 is 1.70 bits per heavy atom. The zero-order valence-electron chi connectivity index (χ0n) is 14.5. The first-order valence-electron chi connectivity index (χ1n) is 8.34. The van der Waals surface area contributed by atoms with E-state index in [0.717, 1.165) is 6.42 Å². The monoisotopic (exact) mass is 330 g/mol. The number of carbonyl (C=O) groups is 3. The summed E-state index contributed by atoms with van der Waals surface area (Å²) in [4.78, 5) is 34.1. The molecule has 0 radical (unpaired) electrons. The highest BCUT2D eigenvalue weighted by Crippen LogP contribution is 2.40. The van der Waals surface area contributed by atoms with Gasteiger partial charge in [-0.2, -0.15) is 0 Å². The van der Waals surface area contributed by atoms with E-state index in [0.29, 0.717) is 12.8 Å². The molecule has 0 heterocycles. The van der Waals surface area contributed by atoms with Crippen LogP contribution in [0.4, 0.5) is 0 Å². The van der Waals surface area contributed by atoms with Crippen molar-refractivity contribution in [2.75, 3.05) is 0 Å². The van der Waals surface area contributed by atoms with Gasteiger partial charge in [0, 0.05) is 6.42 Å². The number of rotatable bonds is 12. The molecule has 0 saturated heterocycles. The van der Waals surface area contributed by atoms with E-state index in [1.54, 1.807) is 6.92 Å². The van der Waals surface area contributed by atoms with Crippen molar-refractivity contribution in [1.29, 1.82) is 0 Å². The van der Waals surface area contributed by atoms with Gasteiger partial charge in [-0.25, -0.2) is 0 Å². The third-order valence-corrected chi connectivity index (χ3v) is 4.61. The quantitative estimate of drug-likeness (QED) is 0.506. The van der Waals surface area contributed by atoms with E-state index in [1.165, 1.54) is 0 Å². The molecule has 0 aromatic heterocycles. The number of carboxylic acid groups (broad SMARTS) is 3. The van der Waals surface area contributed by atoms with E-state index in [2.05, 4.69) is 0 Å². The Bertz CT molecular complexity index is 404. The highest BCUT2D eigenvalue weighted by atomic mass is 16.4. The van der Waals surface area contributed by atoms with Crippen molar-refractivity contribution in [3.05, 3.63) is 0 Å². The van der Waals surface area contributed by atoms with Gasteiger partial charge in [0.2, 0.25) is 0 Å². The summed E-state index contributed by atoms with van der Waals surface area (Å²) in [5, 5.41) is 27.9. The van der Waals surface area contributed by atoms with Crippen LogP contribution in [-0.2, 0) is 14.4 Å². The zero-order chi connectivity index (χ0) is 18.2. The molecule has 0 spiro atoms. The molecule has 23 heavy (non-hydrogen) atoms. The van der Waals surface area contributed by atoms with Crippen molar-refractivity contribution in [3.8, 4) is 0 Å². The van der Waals surface area contributed by atoms with Crippen LogP contribution in [0.3, 0.4) is 0 Å². The molecule has 0 saturated carbocycles. The Kier molecular flexibility index (Phi) is 9.53. The molecular weight excluding hydrogens is 300 g/mol. The van der Waals surface area contributed by atoms with E-state index in [9.17, 15) is 24.6 Å². The van der Waals surface area contributed by atoms with Crippen molar-refractivity contribution < 1.29 is 29.7 Å². The van der Waals surface area contributed by atoms with Gasteiger partial charge in [0.15, 0.2) is 0 Å². The molecule has 0 aliphatic rings. The lowest BCUT2D eigenvalue weighted by molar-refractivity contribution is -0.152. The maximum absolute atomic E-state index is 11.7. The summed E-state index contributed by atoms with van der Waals surface area (Å²) in [7, 11) is 0. The van der Waals surface area contributed by atoms with Gasteiger partial charge in [0.05, 0.1) is 11.8 Å². The Morgan fingerprint density at radius 1 is 0.870 bits per heavy atom. The molecule has 4 unspecified atom stereocenters. The normalized spacial score (nSPS) is 16.6. The Labute approximate surface area is 137 Å². The highest BCUT2D eigenvalue weighted by molar-refractivity contribution is 5.73. The first-order valence-corrected chi connectivity index (χ1v) is 8.34. The summed E-state index contributed by atoms with van der Waals surface area (Å²) in [6, 6.07) is 0. The van der Waals surface area contributed by atoms with Gasteiger partial charge < -0.3 is 15.3 Å². The lowest BCUT2D eigenvalue weighted by Gasteiger charge is -2.37. The fourth-order valence-electron chi connectivity index (χ4n) is 3.67. The van der Waals surface area contributed by atoms with Gasteiger partial charge in [-0.05, 0) is 37.0 Å². The molecule has 0 aliphatic carbocycles. The molecule has 6 heteroatoms. The van der Waals surface area contributed by atoms with Crippen LogP contribution >= 0.6 is 0 Å². The van der Waals surface area contributed by atoms with Crippen LogP contribution in [0.5, 0.6) is 0 Å². The summed E-state index contributed by atoms with van der Waals surface area (Å²) < 4.78 is 0. The van der Waals surface area contributed by atoms with Crippen molar-refractivity contribution in [2.24, 2.45) is 29.6 Å². The largest absolute Gasteiger partial charge is 0.481 e. The van der Waals surface area contributed by atoms with Gasteiger partial charge in [0.25, 0.3) is 0 Å². The van der Waals surface area contributed by atoms with Crippen molar-refractivity contribution in [1.82, 2.24) is 0 Å². The lowest BCUT2D eigenvalue weighted by Crippen LogP contribution is -2.39. The van der Waals surface area contributed by atoms with Crippen molar-refractivity contribution >= 4 is 17.9 Å². The SMILES string of the molecule is CCCC(C(CC)C(=O)O)C(C(C)C)C(CCC(=O)O)C(=O)O. The average molecular weight is 330 g/mol. The first-order chi connectivity index (χ1) is 10.7. The zero-order valence-corrected chi connectivity index (χ0v) is 14.5. The van der Waals surface area contributed by atoms with Crippen LogP contribution in [0.15, 0.2) is 0 Å². The molecule has 3 N–H and O–H groups in total. The molecule has 6 nitrogen and oxygen atoms in total. The molecule has 0 bridgehead atoms. The second-order valence-electron chi connectivity index (χ2n) is 6.50. The maximum Gasteiger partial charge on any atom is 0.306 e. The fraction of sp³-hybridized carbons (Fsp3) is 0.824. The van der Waals surface area contributed by atoms with Crippen LogP contribution in [0, 0.1) is 29.6 Å². The van der Waals surface area contributed by atoms with E-state index in [1.807, 2.05) is 20.8 Å². The van der Waals surface area contributed by atoms with Crippen LogP contribution in [0.25, 0.3) is 0 Å². The van der Waals surface area contributed by atoms with E-state index in [-0.39, 0.29) is 30.6 Å². The molecule has 4 atom stereocenters. The summed E-state index contributed by atoms with van der Waals surface area (Å²) in [6.07, 6.45) is 1.65. The molecule has 0 aromatic rings. The predicted octanol–water partition coefficient (Wildman–Crippen LogP) is 3.35. The summed E-state index contributed by atoms with van der Waals surface area (Å²) >= 11 is 0. The summed E-state index contributed by atoms with van der Waals surface area (Å²) in [5.74, 6) is -5.06. The average Bonchev–Trinajstić information content (AvgIpc) is 2.42. The molecule has 0 amide bonds. The molecular formula is C17H30O6. The van der Waals surface area contributed by atoms with Crippen molar-refractivity contribution in [2.45, 2.75) is 59.8 Å². The minimum Gasteiger partial charge on any atom is -0.481 e. The maximum atomic E-state index is 11.7. The minimum absolute atomic E-state index is 0.0315. The summed E-state index contributed by atoms with van der Waals surface area (Å²) in [6.45, 7) is 7.52. The van der Waals surface area contributed by atoms with E-state index < -0.39 is 29.7 Å². The summed E-state index contributed by atoms with van der Waals surface area (Å²) in [5.41, 5.74) is 0.